The molecule has 0 amide bonds. The molecule has 0 spiro atoms. The summed E-state index contributed by atoms with van der Waals surface area (Å²) in [5.74, 6) is 1.02. The van der Waals surface area contributed by atoms with Gasteiger partial charge >= 0.3 is 0 Å². The van der Waals surface area contributed by atoms with Gasteiger partial charge in [0, 0.05) is 31.2 Å². The van der Waals surface area contributed by atoms with Crippen LogP contribution in [0.2, 0.25) is 0 Å². The first-order valence-electron chi connectivity index (χ1n) is 7.87. The molecule has 2 nitrogen and oxygen atoms in total. The molecule has 0 bridgehead atoms. The molecule has 3 aliphatic rings. The molecule has 98 valence electrons. The Morgan fingerprint density at radius 1 is 1.12 bits per heavy atom. The van der Waals surface area contributed by atoms with Crippen LogP contribution in [0.5, 0.6) is 0 Å². The van der Waals surface area contributed by atoms with Gasteiger partial charge in [-0.15, -0.1) is 0 Å². The minimum Gasteiger partial charge on any atom is -0.311 e. The van der Waals surface area contributed by atoms with E-state index < -0.39 is 0 Å². The Kier molecular flexibility index (Phi) is 3.72. The number of hydrogen-bond acceptors (Lipinski definition) is 2. The van der Waals surface area contributed by atoms with Gasteiger partial charge in [0.2, 0.25) is 0 Å². The van der Waals surface area contributed by atoms with Gasteiger partial charge in [-0.25, -0.2) is 0 Å². The summed E-state index contributed by atoms with van der Waals surface area (Å²) in [6, 6.07) is 2.58. The van der Waals surface area contributed by atoms with Gasteiger partial charge in [-0.3, -0.25) is 4.90 Å². The number of piperazine rings is 1. The predicted molar refractivity (Wildman–Crippen MR) is 72.2 cm³/mol. The first-order chi connectivity index (χ1) is 8.38. The number of nitrogens with one attached hydrogen (secondary N) is 1. The highest BCUT2D eigenvalue weighted by Gasteiger charge is 2.39. The van der Waals surface area contributed by atoms with E-state index in [0.717, 1.165) is 24.0 Å². The molecule has 3 fully saturated rings. The molecule has 2 heteroatoms. The third-order valence-corrected chi connectivity index (χ3v) is 5.10. The van der Waals surface area contributed by atoms with Crippen molar-refractivity contribution in [1.29, 1.82) is 0 Å². The fourth-order valence-corrected chi connectivity index (χ4v) is 3.94. The molecule has 0 aromatic rings. The fraction of sp³-hybridized carbons (Fsp3) is 1.00. The normalized spacial score (nSPS) is 36.5. The molecule has 2 atom stereocenters. The van der Waals surface area contributed by atoms with Crippen molar-refractivity contribution in [1.82, 2.24) is 10.2 Å². The molecule has 3 rings (SSSR count). The summed E-state index contributed by atoms with van der Waals surface area (Å²) in [4.78, 5) is 2.90. The molecule has 0 aromatic heterocycles. The molecule has 1 aliphatic heterocycles. The average molecular weight is 236 g/mol. The van der Waals surface area contributed by atoms with Crippen molar-refractivity contribution in [2.24, 2.45) is 5.92 Å². The quantitative estimate of drug-likeness (QED) is 0.807. The third-order valence-electron chi connectivity index (χ3n) is 5.10. The van der Waals surface area contributed by atoms with Crippen molar-refractivity contribution < 1.29 is 0 Å². The number of rotatable bonds is 4. The molecule has 2 aliphatic carbocycles. The minimum absolute atomic E-state index is 0.823. The SMILES string of the molecule is CCCC1CNC(C2CC2)CN1C1CCCC1. The lowest BCUT2D eigenvalue weighted by molar-refractivity contribution is 0.0725. The Morgan fingerprint density at radius 3 is 2.53 bits per heavy atom. The molecule has 1 saturated heterocycles. The Hall–Kier alpha value is -0.0800. The van der Waals surface area contributed by atoms with E-state index in [0.29, 0.717) is 0 Å². The smallest absolute Gasteiger partial charge is 0.0224 e. The highest BCUT2D eigenvalue weighted by Crippen LogP contribution is 2.36. The van der Waals surface area contributed by atoms with Gasteiger partial charge in [-0.05, 0) is 38.0 Å². The number of hydrogen-bond donors (Lipinski definition) is 1. The van der Waals surface area contributed by atoms with Gasteiger partial charge in [0.25, 0.3) is 0 Å². The standard InChI is InChI=1S/C15H28N2/c1-2-5-14-10-16-15(12-8-9-12)11-17(14)13-6-3-4-7-13/h12-16H,2-11H2,1H3. The van der Waals surface area contributed by atoms with Crippen molar-refractivity contribution in [3.8, 4) is 0 Å². The molecule has 2 unspecified atom stereocenters. The van der Waals surface area contributed by atoms with Crippen molar-refractivity contribution in [3.05, 3.63) is 0 Å². The van der Waals surface area contributed by atoms with Gasteiger partial charge in [-0.2, -0.15) is 0 Å². The summed E-state index contributed by atoms with van der Waals surface area (Å²) in [6.07, 6.45) is 11.6. The second-order valence-corrected chi connectivity index (χ2v) is 6.43. The Morgan fingerprint density at radius 2 is 1.88 bits per heavy atom. The van der Waals surface area contributed by atoms with Gasteiger partial charge in [0.05, 0.1) is 0 Å². The maximum absolute atomic E-state index is 3.83. The second kappa shape index (κ2) is 5.27. The average Bonchev–Trinajstić information content (AvgIpc) is 3.06. The van der Waals surface area contributed by atoms with E-state index >= 15 is 0 Å². The van der Waals surface area contributed by atoms with E-state index in [9.17, 15) is 0 Å². The molecule has 0 radical (unpaired) electrons. The predicted octanol–water partition coefficient (Wildman–Crippen LogP) is 2.78. The summed E-state index contributed by atoms with van der Waals surface area (Å²) in [5.41, 5.74) is 0. The van der Waals surface area contributed by atoms with Crippen molar-refractivity contribution in [3.63, 3.8) is 0 Å². The molecule has 1 heterocycles. The Balaban J connectivity index is 1.63. The summed E-state index contributed by atoms with van der Waals surface area (Å²) >= 11 is 0. The van der Waals surface area contributed by atoms with Gasteiger partial charge < -0.3 is 5.32 Å². The maximum atomic E-state index is 3.83. The zero-order valence-electron chi connectivity index (χ0n) is 11.3. The monoisotopic (exact) mass is 236 g/mol. The highest BCUT2D eigenvalue weighted by atomic mass is 15.3. The highest BCUT2D eigenvalue weighted by molar-refractivity contribution is 4.97. The van der Waals surface area contributed by atoms with Crippen LogP contribution in [0.1, 0.15) is 58.3 Å². The molecule has 2 saturated carbocycles. The summed E-state index contributed by atoms with van der Waals surface area (Å²) in [6.45, 7) is 4.94. The van der Waals surface area contributed by atoms with Crippen LogP contribution in [-0.2, 0) is 0 Å². The van der Waals surface area contributed by atoms with E-state index in [4.69, 9.17) is 0 Å². The zero-order chi connectivity index (χ0) is 11.7. The second-order valence-electron chi connectivity index (χ2n) is 6.43. The Bertz CT molecular complexity index is 243. The maximum Gasteiger partial charge on any atom is 0.0224 e. The van der Waals surface area contributed by atoms with E-state index in [-0.39, 0.29) is 0 Å². The van der Waals surface area contributed by atoms with E-state index in [1.165, 1.54) is 64.5 Å². The largest absolute Gasteiger partial charge is 0.311 e. The van der Waals surface area contributed by atoms with Gasteiger partial charge in [-0.1, -0.05) is 26.2 Å². The van der Waals surface area contributed by atoms with Crippen LogP contribution in [-0.4, -0.2) is 36.1 Å². The number of nitrogens with zero attached hydrogens (tertiary/aromatic N) is 1. The Labute approximate surface area is 106 Å². The summed E-state index contributed by atoms with van der Waals surface area (Å²) in [5, 5.41) is 3.83. The lowest BCUT2D eigenvalue weighted by atomic mass is 9.99. The van der Waals surface area contributed by atoms with E-state index in [2.05, 4.69) is 17.1 Å². The lowest BCUT2D eigenvalue weighted by Gasteiger charge is -2.44. The molecular weight excluding hydrogens is 208 g/mol. The minimum atomic E-state index is 0.823. The summed E-state index contributed by atoms with van der Waals surface area (Å²) < 4.78 is 0. The van der Waals surface area contributed by atoms with E-state index in [1.807, 2.05) is 0 Å². The van der Waals surface area contributed by atoms with Gasteiger partial charge in [0.15, 0.2) is 0 Å². The molecular formula is C15H28N2. The van der Waals surface area contributed by atoms with Gasteiger partial charge in [0.1, 0.15) is 0 Å². The lowest BCUT2D eigenvalue weighted by Crippen LogP contribution is -2.59. The van der Waals surface area contributed by atoms with Crippen LogP contribution in [0.15, 0.2) is 0 Å². The fourth-order valence-electron chi connectivity index (χ4n) is 3.94. The molecule has 1 N–H and O–H groups in total. The van der Waals surface area contributed by atoms with E-state index in [1.54, 1.807) is 0 Å². The first kappa shape index (κ1) is 12.0. The van der Waals surface area contributed by atoms with Crippen LogP contribution in [0.3, 0.4) is 0 Å². The van der Waals surface area contributed by atoms with Crippen molar-refractivity contribution in [2.75, 3.05) is 13.1 Å². The summed E-state index contributed by atoms with van der Waals surface area (Å²) in [7, 11) is 0. The first-order valence-corrected chi connectivity index (χ1v) is 7.87. The van der Waals surface area contributed by atoms with Crippen LogP contribution in [0, 0.1) is 5.92 Å². The topological polar surface area (TPSA) is 15.3 Å². The van der Waals surface area contributed by atoms with Crippen molar-refractivity contribution >= 4 is 0 Å². The van der Waals surface area contributed by atoms with Crippen molar-refractivity contribution in [2.45, 2.75) is 76.4 Å². The van der Waals surface area contributed by atoms with Crippen LogP contribution >= 0.6 is 0 Å². The molecule has 0 aromatic carbocycles. The molecule has 17 heavy (non-hydrogen) atoms. The third kappa shape index (κ3) is 2.68. The van der Waals surface area contributed by atoms with Crippen LogP contribution < -0.4 is 5.32 Å². The zero-order valence-corrected chi connectivity index (χ0v) is 11.3. The van der Waals surface area contributed by atoms with Crippen LogP contribution in [0.25, 0.3) is 0 Å². The van der Waals surface area contributed by atoms with Crippen LogP contribution in [0.4, 0.5) is 0 Å².